The molecule has 1 N–H and O–H groups in total. The lowest BCUT2D eigenvalue weighted by Gasteiger charge is -2.30. The number of hydrogen-bond donors (Lipinski definition) is 1. The molecule has 2 aromatic rings. The van der Waals surface area contributed by atoms with Gasteiger partial charge >= 0.3 is 0 Å². The van der Waals surface area contributed by atoms with Gasteiger partial charge in [0.15, 0.2) is 5.17 Å². The van der Waals surface area contributed by atoms with E-state index in [1.165, 1.54) is 24.6 Å². The Bertz CT molecular complexity index is 1030. The molecule has 2 aromatic carbocycles. The molecular formula is C25H29Cl2N3O3S. The first-order chi connectivity index (χ1) is 16.4. The van der Waals surface area contributed by atoms with Crippen molar-refractivity contribution in [2.24, 2.45) is 4.99 Å². The first-order valence-corrected chi connectivity index (χ1v) is 13.1. The highest BCUT2D eigenvalue weighted by atomic mass is 35.5. The maximum absolute atomic E-state index is 12.9. The molecule has 34 heavy (non-hydrogen) atoms. The number of carbonyl (C=O) groups excluding carboxylic acids is 2. The van der Waals surface area contributed by atoms with Gasteiger partial charge in [-0.25, -0.2) is 4.99 Å². The summed E-state index contributed by atoms with van der Waals surface area (Å²) in [6.07, 6.45) is 4.70. The Morgan fingerprint density at radius 3 is 2.56 bits per heavy atom. The summed E-state index contributed by atoms with van der Waals surface area (Å²) < 4.78 is 5.75. The van der Waals surface area contributed by atoms with Gasteiger partial charge in [0.05, 0.1) is 22.3 Å². The van der Waals surface area contributed by atoms with Crippen LogP contribution in [0.5, 0.6) is 5.75 Å². The summed E-state index contributed by atoms with van der Waals surface area (Å²) in [6, 6.07) is 12.3. The highest BCUT2D eigenvalue weighted by Gasteiger charge is 2.35. The second kappa shape index (κ2) is 13.0. The van der Waals surface area contributed by atoms with E-state index in [1.54, 1.807) is 35.2 Å². The van der Waals surface area contributed by atoms with Crippen LogP contribution >= 0.6 is 35.0 Å². The topological polar surface area (TPSA) is 71.0 Å². The number of amides is 2. The molecule has 1 aliphatic rings. The van der Waals surface area contributed by atoms with Gasteiger partial charge in [-0.2, -0.15) is 0 Å². The van der Waals surface area contributed by atoms with E-state index in [-0.39, 0.29) is 18.2 Å². The minimum atomic E-state index is -0.591. The van der Waals surface area contributed by atoms with Crippen LogP contribution in [0.2, 0.25) is 10.0 Å². The van der Waals surface area contributed by atoms with Gasteiger partial charge in [-0.15, -0.1) is 0 Å². The van der Waals surface area contributed by atoms with Crippen LogP contribution in [0.4, 0.5) is 11.4 Å². The van der Waals surface area contributed by atoms with E-state index >= 15 is 0 Å². The number of benzene rings is 2. The number of rotatable bonds is 10. The van der Waals surface area contributed by atoms with Crippen LogP contribution in [0.15, 0.2) is 47.5 Å². The second-order valence-electron chi connectivity index (χ2n) is 7.86. The fourth-order valence-corrected chi connectivity index (χ4v) is 4.85. The smallest absolute Gasteiger partial charge is 0.238 e. The maximum atomic E-state index is 12.9. The van der Waals surface area contributed by atoms with E-state index in [2.05, 4.69) is 17.2 Å². The summed E-state index contributed by atoms with van der Waals surface area (Å²) in [6.45, 7) is 5.19. The molecular weight excluding hydrogens is 493 g/mol. The molecule has 3 rings (SSSR count). The number of ether oxygens (including phenoxy) is 1. The zero-order chi connectivity index (χ0) is 24.5. The van der Waals surface area contributed by atoms with Gasteiger partial charge in [0, 0.05) is 18.7 Å². The normalized spacial score (nSPS) is 17.2. The van der Waals surface area contributed by atoms with Crippen molar-refractivity contribution >= 4 is 63.3 Å². The Morgan fingerprint density at radius 2 is 1.88 bits per heavy atom. The van der Waals surface area contributed by atoms with Gasteiger partial charge < -0.3 is 10.1 Å². The van der Waals surface area contributed by atoms with Crippen LogP contribution in [0.25, 0.3) is 0 Å². The summed E-state index contributed by atoms with van der Waals surface area (Å²) >= 11 is 13.3. The molecule has 1 saturated heterocycles. The average Bonchev–Trinajstić information content (AvgIpc) is 2.82. The number of unbranched alkanes of at least 4 members (excludes halogenated alkanes) is 3. The number of hydrogen-bond acceptors (Lipinski definition) is 5. The molecule has 0 aromatic heterocycles. The van der Waals surface area contributed by atoms with Gasteiger partial charge in [0.1, 0.15) is 11.0 Å². The van der Waals surface area contributed by atoms with Gasteiger partial charge in [-0.3, -0.25) is 14.5 Å². The van der Waals surface area contributed by atoms with Crippen LogP contribution in [-0.2, 0) is 9.59 Å². The Labute approximate surface area is 215 Å². The number of amidine groups is 1. The zero-order valence-corrected chi connectivity index (χ0v) is 21.7. The largest absolute Gasteiger partial charge is 0.494 e. The summed E-state index contributed by atoms with van der Waals surface area (Å²) in [5.74, 6) is 0.377. The quantitative estimate of drug-likeness (QED) is 0.344. The van der Waals surface area contributed by atoms with E-state index in [9.17, 15) is 9.59 Å². The number of thioether (sulfide) groups is 1. The second-order valence-corrected chi connectivity index (χ2v) is 9.85. The number of nitrogens with one attached hydrogen (secondary N) is 1. The summed E-state index contributed by atoms with van der Waals surface area (Å²) in [5, 5.41) is 3.57. The molecule has 182 valence electrons. The summed E-state index contributed by atoms with van der Waals surface area (Å²) in [4.78, 5) is 31.8. The molecule has 0 radical (unpaired) electrons. The van der Waals surface area contributed by atoms with Crippen molar-refractivity contribution in [3.8, 4) is 5.75 Å². The van der Waals surface area contributed by atoms with E-state index in [4.69, 9.17) is 27.9 Å². The van der Waals surface area contributed by atoms with Crippen molar-refractivity contribution in [3.63, 3.8) is 0 Å². The van der Waals surface area contributed by atoms with Crippen molar-refractivity contribution in [2.75, 3.05) is 18.5 Å². The van der Waals surface area contributed by atoms with E-state index in [0.29, 0.717) is 39.7 Å². The fourth-order valence-electron chi connectivity index (χ4n) is 3.39. The van der Waals surface area contributed by atoms with Crippen LogP contribution in [0, 0.1) is 0 Å². The molecule has 0 saturated carbocycles. The van der Waals surface area contributed by atoms with Gasteiger partial charge in [-0.1, -0.05) is 61.1 Å². The standard InChI is InChI=1S/C25H29Cl2N3O3S/c1-3-5-6-7-14-33-19-11-8-17(9-12-19)28-24(32)22-16-23(31)30(4-2)25(34-22)29-18-10-13-20(26)21(27)15-18/h8-13,15,22H,3-7,14,16H2,1-2H3,(H,28,32)/t22-/m0/s1. The monoisotopic (exact) mass is 521 g/mol. The molecule has 1 heterocycles. The fraction of sp³-hybridized carbons (Fsp3) is 0.400. The molecule has 1 aliphatic heterocycles. The number of carbonyl (C=O) groups is 2. The lowest BCUT2D eigenvalue weighted by Crippen LogP contribution is -2.45. The van der Waals surface area contributed by atoms with Gasteiger partial charge in [0.25, 0.3) is 0 Å². The summed E-state index contributed by atoms with van der Waals surface area (Å²) in [7, 11) is 0. The molecule has 2 amide bonds. The van der Waals surface area contributed by atoms with Gasteiger partial charge in [-0.05, 0) is 55.8 Å². The molecule has 0 spiro atoms. The average molecular weight is 522 g/mol. The minimum Gasteiger partial charge on any atom is -0.494 e. The lowest BCUT2D eigenvalue weighted by atomic mass is 10.2. The number of anilines is 1. The van der Waals surface area contributed by atoms with E-state index in [0.717, 1.165) is 18.6 Å². The van der Waals surface area contributed by atoms with Crippen molar-refractivity contribution in [1.29, 1.82) is 0 Å². The molecule has 1 fully saturated rings. The van der Waals surface area contributed by atoms with Crippen LogP contribution in [-0.4, -0.2) is 40.3 Å². The molecule has 1 atom stereocenters. The first-order valence-electron chi connectivity index (χ1n) is 11.5. The van der Waals surface area contributed by atoms with Crippen LogP contribution in [0.1, 0.15) is 46.0 Å². The maximum Gasteiger partial charge on any atom is 0.238 e. The van der Waals surface area contributed by atoms with Crippen molar-refractivity contribution in [1.82, 2.24) is 4.90 Å². The third kappa shape index (κ3) is 7.39. The molecule has 6 nitrogen and oxygen atoms in total. The predicted octanol–water partition coefficient (Wildman–Crippen LogP) is 6.93. The van der Waals surface area contributed by atoms with E-state index in [1.807, 2.05) is 19.1 Å². The molecule has 0 aliphatic carbocycles. The van der Waals surface area contributed by atoms with Crippen LogP contribution < -0.4 is 10.1 Å². The highest BCUT2D eigenvalue weighted by Crippen LogP contribution is 2.32. The predicted molar refractivity (Wildman–Crippen MR) is 142 cm³/mol. The van der Waals surface area contributed by atoms with Crippen molar-refractivity contribution in [3.05, 3.63) is 52.5 Å². The van der Waals surface area contributed by atoms with Crippen molar-refractivity contribution in [2.45, 2.75) is 51.2 Å². The Balaban J connectivity index is 1.63. The zero-order valence-electron chi connectivity index (χ0n) is 19.4. The highest BCUT2D eigenvalue weighted by molar-refractivity contribution is 8.15. The first kappa shape index (κ1) is 26.4. The number of nitrogens with zero attached hydrogens (tertiary/aromatic N) is 2. The molecule has 0 unspecified atom stereocenters. The SMILES string of the molecule is CCCCCCOc1ccc(NC(=O)[C@@H]2CC(=O)N(CC)C(=Nc3ccc(Cl)c(Cl)c3)S2)cc1. The number of aliphatic imine (C=N–C) groups is 1. The molecule has 9 heteroatoms. The third-order valence-corrected chi connectivity index (χ3v) is 7.19. The van der Waals surface area contributed by atoms with Crippen molar-refractivity contribution < 1.29 is 14.3 Å². The minimum absolute atomic E-state index is 0.101. The molecule has 0 bridgehead atoms. The lowest BCUT2D eigenvalue weighted by molar-refractivity contribution is -0.129. The Morgan fingerprint density at radius 1 is 1.12 bits per heavy atom. The third-order valence-electron chi connectivity index (χ3n) is 5.26. The number of halogens is 2. The van der Waals surface area contributed by atoms with Gasteiger partial charge in [0.2, 0.25) is 11.8 Å². The summed E-state index contributed by atoms with van der Waals surface area (Å²) in [5.41, 5.74) is 1.21. The Hall–Kier alpha value is -2.22. The Kier molecular flexibility index (Phi) is 10.1. The van der Waals surface area contributed by atoms with Crippen LogP contribution in [0.3, 0.4) is 0 Å². The van der Waals surface area contributed by atoms with E-state index < -0.39 is 5.25 Å².